The number of amides is 1. The second-order valence-electron chi connectivity index (χ2n) is 4.57. The van der Waals surface area contributed by atoms with Crippen LogP contribution in [0.3, 0.4) is 0 Å². The molecule has 0 radical (unpaired) electrons. The van der Waals surface area contributed by atoms with Gasteiger partial charge < -0.3 is 10.1 Å². The summed E-state index contributed by atoms with van der Waals surface area (Å²) < 4.78 is 5.08. The number of hydrogen-bond donors (Lipinski definition) is 1. The number of nitriles is 1. The van der Waals surface area contributed by atoms with Gasteiger partial charge in [-0.2, -0.15) is 5.26 Å². The Bertz CT molecular complexity index is 517. The Balaban J connectivity index is 2.57. The fraction of sp³-hybridized carbons (Fsp3) is 0.400. The number of carbonyl (C=O) groups is 2. The third-order valence-electron chi connectivity index (χ3n) is 2.96. The minimum absolute atomic E-state index is 0.222. The van der Waals surface area contributed by atoms with Crippen LogP contribution >= 0.6 is 0 Å². The van der Waals surface area contributed by atoms with E-state index in [0.29, 0.717) is 17.7 Å². The number of esters is 1. The molecule has 0 aliphatic carbocycles. The molecule has 0 aromatic heterocycles. The first-order valence-electron chi connectivity index (χ1n) is 6.49. The van der Waals surface area contributed by atoms with Gasteiger partial charge >= 0.3 is 5.97 Å². The van der Waals surface area contributed by atoms with Crippen molar-refractivity contribution in [1.29, 1.82) is 5.26 Å². The second-order valence-corrected chi connectivity index (χ2v) is 4.57. The van der Waals surface area contributed by atoms with Gasteiger partial charge in [0.25, 0.3) is 5.91 Å². The van der Waals surface area contributed by atoms with Gasteiger partial charge in [-0.3, -0.25) is 9.59 Å². The molecule has 1 rings (SSSR count). The number of nitrogens with zero attached hydrogens (tertiary/aromatic N) is 1. The van der Waals surface area contributed by atoms with Crippen LogP contribution < -0.4 is 5.32 Å². The van der Waals surface area contributed by atoms with E-state index in [1.807, 2.05) is 13.0 Å². The first kappa shape index (κ1) is 15.7. The summed E-state index contributed by atoms with van der Waals surface area (Å²) in [5.74, 6) is -0.999. The zero-order valence-corrected chi connectivity index (χ0v) is 11.8. The lowest BCUT2D eigenvalue weighted by molar-refractivity contribution is -0.156. The largest absolute Gasteiger partial charge is 0.452 e. The summed E-state index contributed by atoms with van der Waals surface area (Å²) in [6.45, 7) is 5.17. The molecule has 20 heavy (non-hydrogen) atoms. The number of anilines is 1. The standard InChI is InChI=1S/C15H18N2O3/c1-4-10(2)15(19)20-11(3)14(18)17-13-7-5-12(9-16)6-8-13/h5-8,10-11H,4H2,1-3H3,(H,17,18)/t10-,11-/m1/s1. The Hall–Kier alpha value is -2.35. The Labute approximate surface area is 118 Å². The number of hydrogen-bond acceptors (Lipinski definition) is 4. The molecule has 1 aromatic carbocycles. The predicted octanol–water partition coefficient (Wildman–Crippen LogP) is 2.47. The molecule has 0 spiro atoms. The second kappa shape index (κ2) is 7.29. The van der Waals surface area contributed by atoms with Crippen molar-refractivity contribution in [2.24, 2.45) is 5.92 Å². The van der Waals surface area contributed by atoms with Crippen LogP contribution in [0.15, 0.2) is 24.3 Å². The number of carbonyl (C=O) groups excluding carboxylic acids is 2. The summed E-state index contributed by atoms with van der Waals surface area (Å²) >= 11 is 0. The van der Waals surface area contributed by atoms with Gasteiger partial charge in [-0.15, -0.1) is 0 Å². The van der Waals surface area contributed by atoms with Gasteiger partial charge in [-0.1, -0.05) is 13.8 Å². The third kappa shape index (κ3) is 4.39. The lowest BCUT2D eigenvalue weighted by atomic mass is 10.1. The highest BCUT2D eigenvalue weighted by Crippen LogP contribution is 2.11. The van der Waals surface area contributed by atoms with Crippen molar-refractivity contribution in [3.8, 4) is 6.07 Å². The summed E-state index contributed by atoms with van der Waals surface area (Å²) in [4.78, 5) is 23.4. The Morgan fingerprint density at radius 3 is 2.40 bits per heavy atom. The monoisotopic (exact) mass is 274 g/mol. The molecule has 0 aliphatic rings. The van der Waals surface area contributed by atoms with Crippen LogP contribution in [0.1, 0.15) is 32.8 Å². The Kier molecular flexibility index (Phi) is 5.73. The van der Waals surface area contributed by atoms with Crippen molar-refractivity contribution in [3.05, 3.63) is 29.8 Å². The molecule has 0 fully saturated rings. The van der Waals surface area contributed by atoms with Crippen LogP contribution in [0, 0.1) is 17.2 Å². The van der Waals surface area contributed by atoms with E-state index in [1.165, 1.54) is 6.92 Å². The van der Waals surface area contributed by atoms with Crippen molar-refractivity contribution < 1.29 is 14.3 Å². The average Bonchev–Trinajstić information content (AvgIpc) is 2.46. The molecule has 5 heteroatoms. The molecule has 0 unspecified atom stereocenters. The minimum atomic E-state index is -0.854. The molecule has 0 aliphatic heterocycles. The van der Waals surface area contributed by atoms with Crippen molar-refractivity contribution in [2.45, 2.75) is 33.3 Å². The van der Waals surface area contributed by atoms with Gasteiger partial charge in [0.15, 0.2) is 6.10 Å². The highest BCUT2D eigenvalue weighted by atomic mass is 16.5. The molecular formula is C15H18N2O3. The summed E-state index contributed by atoms with van der Waals surface area (Å²) in [5, 5.41) is 11.3. The van der Waals surface area contributed by atoms with E-state index in [0.717, 1.165) is 0 Å². The van der Waals surface area contributed by atoms with E-state index in [9.17, 15) is 9.59 Å². The van der Waals surface area contributed by atoms with Crippen LogP contribution in [-0.2, 0) is 14.3 Å². The number of ether oxygens (including phenoxy) is 1. The third-order valence-corrected chi connectivity index (χ3v) is 2.96. The molecule has 1 amide bonds. The fourth-order valence-corrected chi connectivity index (χ4v) is 1.38. The molecule has 1 N–H and O–H groups in total. The molecule has 0 saturated heterocycles. The topological polar surface area (TPSA) is 79.2 Å². The smallest absolute Gasteiger partial charge is 0.309 e. The highest BCUT2D eigenvalue weighted by Gasteiger charge is 2.20. The van der Waals surface area contributed by atoms with Crippen molar-refractivity contribution >= 4 is 17.6 Å². The zero-order valence-electron chi connectivity index (χ0n) is 11.8. The van der Waals surface area contributed by atoms with E-state index in [1.54, 1.807) is 31.2 Å². The molecule has 0 heterocycles. The van der Waals surface area contributed by atoms with E-state index >= 15 is 0 Å². The van der Waals surface area contributed by atoms with Gasteiger partial charge in [-0.25, -0.2) is 0 Å². The van der Waals surface area contributed by atoms with E-state index < -0.39 is 12.0 Å². The maximum absolute atomic E-state index is 11.9. The van der Waals surface area contributed by atoms with Gasteiger partial charge in [0.2, 0.25) is 0 Å². The number of nitrogens with one attached hydrogen (secondary N) is 1. The molecule has 1 aromatic rings. The van der Waals surface area contributed by atoms with Gasteiger partial charge in [0.05, 0.1) is 17.6 Å². The Morgan fingerprint density at radius 1 is 1.30 bits per heavy atom. The normalized spacial score (nSPS) is 12.9. The molecule has 0 bridgehead atoms. The first-order chi connectivity index (χ1) is 9.47. The average molecular weight is 274 g/mol. The van der Waals surface area contributed by atoms with E-state index in [-0.39, 0.29) is 11.9 Å². The maximum Gasteiger partial charge on any atom is 0.309 e. The highest BCUT2D eigenvalue weighted by molar-refractivity contribution is 5.95. The van der Waals surface area contributed by atoms with Crippen molar-refractivity contribution in [2.75, 3.05) is 5.32 Å². The van der Waals surface area contributed by atoms with Crippen molar-refractivity contribution in [3.63, 3.8) is 0 Å². The molecule has 2 atom stereocenters. The predicted molar refractivity (Wildman–Crippen MR) is 74.8 cm³/mol. The summed E-state index contributed by atoms with van der Waals surface area (Å²) in [6, 6.07) is 8.45. The molecule has 106 valence electrons. The molecule has 0 saturated carbocycles. The number of benzene rings is 1. The van der Waals surface area contributed by atoms with Crippen LogP contribution in [0.25, 0.3) is 0 Å². The first-order valence-corrected chi connectivity index (χ1v) is 6.49. The van der Waals surface area contributed by atoms with Crippen LogP contribution in [-0.4, -0.2) is 18.0 Å². The van der Waals surface area contributed by atoms with Crippen LogP contribution in [0.2, 0.25) is 0 Å². The lowest BCUT2D eigenvalue weighted by Crippen LogP contribution is -2.31. The minimum Gasteiger partial charge on any atom is -0.452 e. The van der Waals surface area contributed by atoms with Gasteiger partial charge in [0.1, 0.15) is 0 Å². The lowest BCUT2D eigenvalue weighted by Gasteiger charge is -2.15. The quantitative estimate of drug-likeness (QED) is 0.836. The molecule has 5 nitrogen and oxygen atoms in total. The summed E-state index contributed by atoms with van der Waals surface area (Å²) in [5.41, 5.74) is 1.07. The zero-order chi connectivity index (χ0) is 15.1. The van der Waals surface area contributed by atoms with E-state index in [2.05, 4.69) is 5.32 Å². The molecular weight excluding hydrogens is 256 g/mol. The maximum atomic E-state index is 11.9. The van der Waals surface area contributed by atoms with Crippen LogP contribution in [0.5, 0.6) is 0 Å². The van der Waals surface area contributed by atoms with Crippen LogP contribution in [0.4, 0.5) is 5.69 Å². The summed E-state index contributed by atoms with van der Waals surface area (Å²) in [6.07, 6.45) is -0.185. The van der Waals surface area contributed by atoms with Gasteiger partial charge in [-0.05, 0) is 37.6 Å². The summed E-state index contributed by atoms with van der Waals surface area (Å²) in [7, 11) is 0. The van der Waals surface area contributed by atoms with Gasteiger partial charge in [0, 0.05) is 5.69 Å². The fourth-order valence-electron chi connectivity index (χ4n) is 1.38. The van der Waals surface area contributed by atoms with Crippen molar-refractivity contribution in [1.82, 2.24) is 0 Å². The number of rotatable bonds is 5. The van der Waals surface area contributed by atoms with E-state index in [4.69, 9.17) is 10.00 Å². The SMILES string of the molecule is CC[C@@H](C)C(=O)O[C@H](C)C(=O)Nc1ccc(C#N)cc1. The Morgan fingerprint density at radius 2 is 1.90 bits per heavy atom.